The van der Waals surface area contributed by atoms with Crippen LogP contribution in [0.3, 0.4) is 0 Å². The van der Waals surface area contributed by atoms with Crippen molar-refractivity contribution in [2.45, 2.75) is 19.0 Å². The highest BCUT2D eigenvalue weighted by atomic mass is 19.4. The molecule has 2 amide bonds. The minimum absolute atomic E-state index is 0.0741. The molecular weight excluding hydrogens is 368 g/mol. The smallest absolute Gasteiger partial charge is 0.378 e. The van der Waals surface area contributed by atoms with Crippen LogP contribution in [0.25, 0.3) is 0 Å². The zero-order chi connectivity index (χ0) is 19.6. The van der Waals surface area contributed by atoms with E-state index in [0.29, 0.717) is 57.3 Å². The molecule has 0 aromatic heterocycles. The number of ether oxygens (including phenoxy) is 1. The second-order valence-corrected chi connectivity index (χ2v) is 6.72. The second-order valence-electron chi connectivity index (χ2n) is 6.72. The van der Waals surface area contributed by atoms with Gasteiger partial charge in [-0.2, -0.15) is 13.2 Å². The van der Waals surface area contributed by atoms with E-state index in [0.717, 1.165) is 0 Å². The minimum atomic E-state index is -4.67. The number of halogens is 4. The molecule has 1 aromatic carbocycles. The highest BCUT2D eigenvalue weighted by molar-refractivity contribution is 5.95. The van der Waals surface area contributed by atoms with Crippen molar-refractivity contribution in [1.29, 1.82) is 0 Å². The van der Waals surface area contributed by atoms with Crippen molar-refractivity contribution in [3.8, 4) is 0 Å². The first kappa shape index (κ1) is 19.6. The summed E-state index contributed by atoms with van der Waals surface area (Å²) in [7, 11) is 0. The molecule has 1 atom stereocenters. The molecule has 148 valence electrons. The summed E-state index contributed by atoms with van der Waals surface area (Å²) >= 11 is 0. The van der Waals surface area contributed by atoms with Crippen LogP contribution >= 0.6 is 0 Å². The van der Waals surface area contributed by atoms with Crippen molar-refractivity contribution >= 4 is 11.8 Å². The number of benzene rings is 1. The van der Waals surface area contributed by atoms with Gasteiger partial charge in [0.25, 0.3) is 5.91 Å². The SMILES string of the molecule is O=C(c1cc(C(F)(F)F)ccc1F)N1CCCC(C(=O)N2CCOCC2)C1. The Morgan fingerprint density at radius 2 is 1.78 bits per heavy atom. The summed E-state index contributed by atoms with van der Waals surface area (Å²) < 4.78 is 57.8. The van der Waals surface area contributed by atoms with Gasteiger partial charge < -0.3 is 14.5 Å². The summed E-state index contributed by atoms with van der Waals surface area (Å²) in [6.45, 7) is 2.22. The quantitative estimate of drug-likeness (QED) is 0.732. The normalized spacial score (nSPS) is 21.3. The van der Waals surface area contributed by atoms with Gasteiger partial charge >= 0.3 is 6.18 Å². The zero-order valence-corrected chi connectivity index (χ0v) is 14.6. The van der Waals surface area contributed by atoms with E-state index >= 15 is 0 Å². The van der Waals surface area contributed by atoms with Crippen LogP contribution in [0, 0.1) is 11.7 Å². The summed E-state index contributed by atoms with van der Waals surface area (Å²) in [5.74, 6) is -2.36. The molecule has 5 nitrogen and oxygen atoms in total. The van der Waals surface area contributed by atoms with E-state index in [1.54, 1.807) is 4.90 Å². The van der Waals surface area contributed by atoms with Gasteiger partial charge in [-0.05, 0) is 31.0 Å². The molecule has 27 heavy (non-hydrogen) atoms. The van der Waals surface area contributed by atoms with Crippen LogP contribution in [0.1, 0.15) is 28.8 Å². The molecule has 0 N–H and O–H groups in total. The lowest BCUT2D eigenvalue weighted by atomic mass is 9.95. The minimum Gasteiger partial charge on any atom is -0.378 e. The number of carbonyl (C=O) groups excluding carboxylic acids is 2. The number of alkyl halides is 3. The van der Waals surface area contributed by atoms with Gasteiger partial charge in [-0.3, -0.25) is 9.59 Å². The van der Waals surface area contributed by atoms with Crippen molar-refractivity contribution in [3.63, 3.8) is 0 Å². The predicted octanol–water partition coefficient (Wildman–Crippen LogP) is 2.56. The third-order valence-corrected chi connectivity index (χ3v) is 4.90. The van der Waals surface area contributed by atoms with Gasteiger partial charge in [-0.25, -0.2) is 4.39 Å². The molecule has 3 rings (SSSR count). The lowest BCUT2D eigenvalue weighted by molar-refractivity contribution is -0.141. The van der Waals surface area contributed by atoms with Crippen LogP contribution in [0.15, 0.2) is 18.2 Å². The molecule has 2 aliphatic rings. The Hall–Kier alpha value is -2.16. The van der Waals surface area contributed by atoms with Crippen molar-refractivity contribution in [1.82, 2.24) is 9.80 Å². The second kappa shape index (κ2) is 7.84. The highest BCUT2D eigenvalue weighted by Crippen LogP contribution is 2.31. The van der Waals surface area contributed by atoms with Gasteiger partial charge in [0.15, 0.2) is 0 Å². The van der Waals surface area contributed by atoms with E-state index in [-0.39, 0.29) is 19.0 Å². The molecule has 9 heteroatoms. The molecule has 2 aliphatic heterocycles. The van der Waals surface area contributed by atoms with Crippen molar-refractivity contribution in [2.24, 2.45) is 5.92 Å². The average Bonchev–Trinajstić information content (AvgIpc) is 2.67. The zero-order valence-electron chi connectivity index (χ0n) is 14.6. The number of likely N-dealkylation sites (tertiary alicyclic amines) is 1. The third-order valence-electron chi connectivity index (χ3n) is 4.90. The van der Waals surface area contributed by atoms with Gasteiger partial charge in [-0.15, -0.1) is 0 Å². The van der Waals surface area contributed by atoms with E-state index in [1.165, 1.54) is 4.90 Å². The Morgan fingerprint density at radius 3 is 2.44 bits per heavy atom. The summed E-state index contributed by atoms with van der Waals surface area (Å²) in [6, 6.07) is 1.79. The first-order valence-electron chi connectivity index (χ1n) is 8.80. The Balaban J connectivity index is 1.74. The topological polar surface area (TPSA) is 49.9 Å². The van der Waals surface area contributed by atoms with E-state index in [9.17, 15) is 27.2 Å². The molecule has 0 bridgehead atoms. The third kappa shape index (κ3) is 4.40. The number of hydrogen-bond acceptors (Lipinski definition) is 3. The number of hydrogen-bond donors (Lipinski definition) is 0. The summed E-state index contributed by atoms with van der Waals surface area (Å²) in [5, 5.41) is 0. The largest absolute Gasteiger partial charge is 0.416 e. The molecule has 2 fully saturated rings. The lowest BCUT2D eigenvalue weighted by Gasteiger charge is -2.36. The van der Waals surface area contributed by atoms with Gasteiger partial charge in [0, 0.05) is 26.2 Å². The monoisotopic (exact) mass is 388 g/mol. The van der Waals surface area contributed by atoms with Gasteiger partial charge in [-0.1, -0.05) is 0 Å². The van der Waals surface area contributed by atoms with E-state index < -0.39 is 34.9 Å². The standard InChI is InChI=1S/C18H20F4N2O3/c19-15-4-3-13(18(20,21)22)10-14(15)17(26)24-5-1-2-12(11-24)16(25)23-6-8-27-9-7-23/h3-4,10,12H,1-2,5-9,11H2. The lowest BCUT2D eigenvalue weighted by Crippen LogP contribution is -2.49. The van der Waals surface area contributed by atoms with Crippen LogP contribution in [-0.2, 0) is 15.7 Å². The fourth-order valence-electron chi connectivity index (χ4n) is 3.44. The van der Waals surface area contributed by atoms with Gasteiger partial charge in [0.1, 0.15) is 5.82 Å². The molecule has 0 aliphatic carbocycles. The van der Waals surface area contributed by atoms with E-state index in [4.69, 9.17) is 4.74 Å². The number of amides is 2. The van der Waals surface area contributed by atoms with Crippen molar-refractivity contribution in [2.75, 3.05) is 39.4 Å². The maximum absolute atomic E-state index is 14.0. The van der Waals surface area contributed by atoms with Gasteiger partial charge in [0.2, 0.25) is 5.91 Å². The Labute approximate surface area is 153 Å². The predicted molar refractivity (Wildman–Crippen MR) is 87.4 cm³/mol. The Morgan fingerprint density at radius 1 is 1.07 bits per heavy atom. The van der Waals surface area contributed by atoms with E-state index in [2.05, 4.69) is 0 Å². The number of nitrogens with zero attached hydrogens (tertiary/aromatic N) is 2. The Kier molecular flexibility index (Phi) is 5.69. The number of carbonyl (C=O) groups is 2. The first-order chi connectivity index (χ1) is 12.8. The maximum Gasteiger partial charge on any atom is 0.416 e. The average molecular weight is 388 g/mol. The summed E-state index contributed by atoms with van der Waals surface area (Å²) in [4.78, 5) is 28.2. The van der Waals surface area contributed by atoms with Crippen LogP contribution in [0.4, 0.5) is 17.6 Å². The van der Waals surface area contributed by atoms with Crippen molar-refractivity contribution in [3.05, 3.63) is 35.1 Å². The van der Waals surface area contributed by atoms with Crippen LogP contribution in [0.2, 0.25) is 0 Å². The molecule has 1 unspecified atom stereocenters. The van der Waals surface area contributed by atoms with Crippen LogP contribution < -0.4 is 0 Å². The molecule has 0 saturated carbocycles. The van der Waals surface area contributed by atoms with Crippen molar-refractivity contribution < 1.29 is 31.9 Å². The fourth-order valence-corrected chi connectivity index (χ4v) is 3.44. The number of morpholine rings is 1. The molecular formula is C18H20F4N2O3. The fraction of sp³-hybridized carbons (Fsp3) is 0.556. The number of rotatable bonds is 2. The maximum atomic E-state index is 14.0. The van der Waals surface area contributed by atoms with Crippen LogP contribution in [0.5, 0.6) is 0 Å². The van der Waals surface area contributed by atoms with Crippen LogP contribution in [-0.4, -0.2) is 61.0 Å². The van der Waals surface area contributed by atoms with Gasteiger partial charge in [0.05, 0.1) is 30.3 Å². The summed E-state index contributed by atoms with van der Waals surface area (Å²) in [6.07, 6.45) is -3.54. The highest BCUT2D eigenvalue weighted by Gasteiger charge is 2.35. The molecule has 2 saturated heterocycles. The number of piperidine rings is 1. The molecule has 2 heterocycles. The molecule has 0 spiro atoms. The summed E-state index contributed by atoms with van der Waals surface area (Å²) in [5.41, 5.74) is -1.70. The molecule has 0 radical (unpaired) electrons. The molecule has 1 aromatic rings. The van der Waals surface area contributed by atoms with E-state index in [1.807, 2.05) is 0 Å². The Bertz CT molecular complexity index is 717. The first-order valence-corrected chi connectivity index (χ1v) is 8.80.